The number of pyridine rings is 1. The van der Waals surface area contributed by atoms with E-state index in [0.717, 1.165) is 48.5 Å². The molecule has 0 saturated carbocycles. The number of nitrogens with one attached hydrogen (secondary N) is 1. The van der Waals surface area contributed by atoms with Gasteiger partial charge in [0.05, 0.1) is 11.9 Å². The van der Waals surface area contributed by atoms with Crippen molar-refractivity contribution >= 4 is 11.6 Å². The Morgan fingerprint density at radius 2 is 2.11 bits per heavy atom. The largest absolute Gasteiger partial charge is 0.342 e. The number of hydrogen-bond acceptors (Lipinski definition) is 3. The molecule has 0 aromatic carbocycles. The fourth-order valence-electron chi connectivity index (χ4n) is 1.78. The van der Waals surface area contributed by atoms with Crippen LogP contribution in [0.2, 0.25) is 5.15 Å². The van der Waals surface area contributed by atoms with E-state index >= 15 is 0 Å². The van der Waals surface area contributed by atoms with Crippen molar-refractivity contribution in [2.75, 3.05) is 6.54 Å². The summed E-state index contributed by atoms with van der Waals surface area (Å²) in [5.41, 5.74) is 8.42. The molecule has 0 aliphatic carbocycles. The van der Waals surface area contributed by atoms with Crippen molar-refractivity contribution in [3.63, 3.8) is 0 Å². The Labute approximate surface area is 112 Å². The van der Waals surface area contributed by atoms with Gasteiger partial charge < -0.3 is 10.7 Å². The number of halogens is 1. The molecule has 3 N–H and O–H groups in total. The minimum absolute atomic E-state index is 0.543. The molecule has 5 heteroatoms. The zero-order valence-electron chi connectivity index (χ0n) is 10.4. The van der Waals surface area contributed by atoms with Crippen molar-refractivity contribution in [1.29, 1.82) is 0 Å². The second-order valence-electron chi connectivity index (χ2n) is 4.32. The van der Waals surface area contributed by atoms with E-state index in [9.17, 15) is 0 Å². The van der Waals surface area contributed by atoms with E-state index < -0.39 is 0 Å². The summed E-state index contributed by atoms with van der Waals surface area (Å²) in [6.07, 6.45) is 6.60. The average Bonchev–Trinajstić information content (AvgIpc) is 2.82. The molecule has 0 bridgehead atoms. The van der Waals surface area contributed by atoms with Gasteiger partial charge in [-0.05, 0) is 37.9 Å². The number of imidazole rings is 1. The first kappa shape index (κ1) is 13.1. The minimum atomic E-state index is 0.543. The molecule has 0 spiro atoms. The van der Waals surface area contributed by atoms with Crippen LogP contribution >= 0.6 is 11.6 Å². The van der Waals surface area contributed by atoms with Crippen molar-refractivity contribution in [2.45, 2.75) is 26.2 Å². The lowest BCUT2D eigenvalue weighted by Gasteiger charge is -2.01. The van der Waals surface area contributed by atoms with Crippen LogP contribution in [0.4, 0.5) is 0 Å². The van der Waals surface area contributed by atoms with Gasteiger partial charge in [-0.25, -0.2) is 9.97 Å². The van der Waals surface area contributed by atoms with Gasteiger partial charge in [0.2, 0.25) is 0 Å². The van der Waals surface area contributed by atoms with Gasteiger partial charge in [-0.1, -0.05) is 11.6 Å². The maximum atomic E-state index is 5.91. The first-order valence-corrected chi connectivity index (χ1v) is 6.45. The fourth-order valence-corrected chi connectivity index (χ4v) is 1.88. The van der Waals surface area contributed by atoms with Crippen molar-refractivity contribution in [1.82, 2.24) is 15.0 Å². The summed E-state index contributed by atoms with van der Waals surface area (Å²) in [4.78, 5) is 11.8. The summed E-state index contributed by atoms with van der Waals surface area (Å²) < 4.78 is 0. The highest BCUT2D eigenvalue weighted by molar-refractivity contribution is 6.30. The van der Waals surface area contributed by atoms with Crippen molar-refractivity contribution in [3.8, 4) is 11.3 Å². The maximum absolute atomic E-state index is 5.91. The molecular weight excluding hydrogens is 248 g/mol. The molecule has 2 aromatic rings. The number of unbranched alkanes of at least 4 members (excludes halogenated alkanes) is 1. The van der Waals surface area contributed by atoms with Gasteiger partial charge in [-0.2, -0.15) is 0 Å². The molecule has 0 aliphatic rings. The summed E-state index contributed by atoms with van der Waals surface area (Å²) in [6, 6.07) is 2.01. The second kappa shape index (κ2) is 5.98. The molecule has 18 heavy (non-hydrogen) atoms. The maximum Gasteiger partial charge on any atom is 0.131 e. The molecule has 4 nitrogen and oxygen atoms in total. The van der Waals surface area contributed by atoms with E-state index in [1.807, 2.05) is 19.2 Å². The third-order valence-electron chi connectivity index (χ3n) is 2.82. The van der Waals surface area contributed by atoms with Gasteiger partial charge in [0, 0.05) is 18.2 Å². The molecular formula is C13H17ClN4. The second-order valence-corrected chi connectivity index (χ2v) is 4.68. The molecule has 96 valence electrons. The van der Waals surface area contributed by atoms with Gasteiger partial charge in [-0.15, -0.1) is 0 Å². The van der Waals surface area contributed by atoms with Gasteiger partial charge in [0.25, 0.3) is 0 Å². The standard InChI is InChI=1S/C13H17ClN4/c1-9-6-10(7-17-13(9)14)11-8-16-12(18-11)4-2-3-5-15/h6-8H,2-5,15H2,1H3,(H,16,18). The Bertz CT molecular complexity index is 521. The van der Waals surface area contributed by atoms with Crippen LogP contribution < -0.4 is 5.73 Å². The van der Waals surface area contributed by atoms with E-state index in [-0.39, 0.29) is 0 Å². The average molecular weight is 265 g/mol. The van der Waals surface area contributed by atoms with Crippen LogP contribution in [0, 0.1) is 6.92 Å². The van der Waals surface area contributed by atoms with Crippen LogP contribution in [0.25, 0.3) is 11.3 Å². The molecule has 2 rings (SSSR count). The zero-order chi connectivity index (χ0) is 13.0. The van der Waals surface area contributed by atoms with E-state index in [1.165, 1.54) is 0 Å². The summed E-state index contributed by atoms with van der Waals surface area (Å²) in [5.74, 6) is 0.992. The number of hydrogen-bond donors (Lipinski definition) is 2. The van der Waals surface area contributed by atoms with Crippen LogP contribution in [-0.4, -0.2) is 21.5 Å². The van der Waals surface area contributed by atoms with Gasteiger partial charge >= 0.3 is 0 Å². The lowest BCUT2D eigenvalue weighted by atomic mass is 10.2. The number of rotatable bonds is 5. The van der Waals surface area contributed by atoms with Gasteiger partial charge in [0.1, 0.15) is 11.0 Å². The third-order valence-corrected chi connectivity index (χ3v) is 3.22. The zero-order valence-corrected chi connectivity index (χ0v) is 11.2. The number of nitrogens with zero attached hydrogens (tertiary/aromatic N) is 2. The number of aryl methyl sites for hydroxylation is 2. The molecule has 0 fully saturated rings. The molecule has 0 unspecified atom stereocenters. The van der Waals surface area contributed by atoms with Crippen LogP contribution in [0.5, 0.6) is 0 Å². The van der Waals surface area contributed by atoms with Crippen molar-refractivity contribution < 1.29 is 0 Å². The number of aromatic amines is 1. The predicted octanol–water partition coefficient (Wildman–Crippen LogP) is 2.71. The first-order valence-electron chi connectivity index (χ1n) is 6.07. The highest BCUT2D eigenvalue weighted by Gasteiger charge is 2.05. The van der Waals surface area contributed by atoms with Crippen LogP contribution in [0.3, 0.4) is 0 Å². The van der Waals surface area contributed by atoms with Gasteiger partial charge in [-0.3, -0.25) is 0 Å². The van der Waals surface area contributed by atoms with Crippen LogP contribution in [0.1, 0.15) is 24.2 Å². The van der Waals surface area contributed by atoms with E-state index in [2.05, 4.69) is 15.0 Å². The lowest BCUT2D eigenvalue weighted by Crippen LogP contribution is -1.99. The fraction of sp³-hybridized carbons (Fsp3) is 0.385. The topological polar surface area (TPSA) is 67.6 Å². The Kier molecular flexibility index (Phi) is 4.33. The molecule has 0 aliphatic heterocycles. The number of H-pyrrole nitrogens is 1. The molecule has 2 aromatic heterocycles. The van der Waals surface area contributed by atoms with Gasteiger partial charge in [0.15, 0.2) is 0 Å². The van der Waals surface area contributed by atoms with Crippen molar-refractivity contribution in [3.05, 3.63) is 35.0 Å². The lowest BCUT2D eigenvalue weighted by molar-refractivity contribution is 0.723. The molecule has 0 atom stereocenters. The van der Waals surface area contributed by atoms with Crippen molar-refractivity contribution in [2.24, 2.45) is 5.73 Å². The monoisotopic (exact) mass is 264 g/mol. The quantitative estimate of drug-likeness (QED) is 0.645. The normalized spacial score (nSPS) is 10.8. The Morgan fingerprint density at radius 1 is 1.28 bits per heavy atom. The molecule has 0 saturated heterocycles. The predicted molar refractivity (Wildman–Crippen MR) is 73.6 cm³/mol. The summed E-state index contributed by atoms with van der Waals surface area (Å²) in [7, 11) is 0. The molecule has 2 heterocycles. The highest BCUT2D eigenvalue weighted by Crippen LogP contribution is 2.21. The van der Waals surface area contributed by atoms with Crippen LogP contribution in [0.15, 0.2) is 18.5 Å². The van der Waals surface area contributed by atoms with E-state index in [1.54, 1.807) is 6.20 Å². The molecule has 0 radical (unpaired) electrons. The summed E-state index contributed by atoms with van der Waals surface area (Å²) in [5, 5.41) is 0.543. The van der Waals surface area contributed by atoms with E-state index in [4.69, 9.17) is 17.3 Å². The molecule has 0 amide bonds. The number of aromatic nitrogens is 3. The smallest absolute Gasteiger partial charge is 0.131 e. The SMILES string of the molecule is Cc1cc(-c2cnc(CCCCN)[nH]2)cnc1Cl. The Balaban J connectivity index is 2.11. The summed E-state index contributed by atoms with van der Waals surface area (Å²) >= 11 is 5.91. The van der Waals surface area contributed by atoms with Crippen LogP contribution in [-0.2, 0) is 6.42 Å². The number of nitrogens with two attached hydrogens (primary N) is 1. The summed E-state index contributed by atoms with van der Waals surface area (Å²) in [6.45, 7) is 2.67. The van der Waals surface area contributed by atoms with E-state index in [0.29, 0.717) is 5.15 Å². The highest BCUT2D eigenvalue weighted by atomic mass is 35.5. The Morgan fingerprint density at radius 3 is 2.83 bits per heavy atom. The Hall–Kier alpha value is -1.39. The first-order chi connectivity index (χ1) is 8.70. The minimum Gasteiger partial charge on any atom is -0.342 e. The third kappa shape index (κ3) is 3.09.